The van der Waals surface area contributed by atoms with Gasteiger partial charge in [-0.05, 0) is 51.7 Å². The maximum atomic E-state index is 13.4. The molecule has 1 saturated heterocycles. The fourth-order valence-corrected chi connectivity index (χ4v) is 5.73. The normalized spacial score (nSPS) is 21.9. The molecule has 5 heterocycles. The van der Waals surface area contributed by atoms with Gasteiger partial charge in [0.2, 0.25) is 0 Å². The van der Waals surface area contributed by atoms with Crippen molar-refractivity contribution >= 4 is 22.8 Å². The highest BCUT2D eigenvalue weighted by atomic mass is 19.4. The molecule has 1 aliphatic carbocycles. The van der Waals surface area contributed by atoms with Crippen LogP contribution in [0, 0.1) is 0 Å². The molecule has 1 amide bonds. The van der Waals surface area contributed by atoms with Crippen LogP contribution >= 0.6 is 0 Å². The third kappa shape index (κ3) is 6.06. The Morgan fingerprint density at radius 2 is 1.98 bits per heavy atom. The summed E-state index contributed by atoms with van der Waals surface area (Å²) in [4.78, 5) is 20.5. The number of nitrogens with zero attached hydrogens (tertiary/aromatic N) is 7. The van der Waals surface area contributed by atoms with Crippen molar-refractivity contribution in [2.24, 2.45) is 0 Å². The van der Waals surface area contributed by atoms with E-state index in [-0.39, 0.29) is 23.7 Å². The fourth-order valence-electron chi connectivity index (χ4n) is 5.73. The van der Waals surface area contributed by atoms with E-state index in [1.54, 1.807) is 23.1 Å². The number of aromatic nitrogens is 6. The number of rotatable bonds is 7. The van der Waals surface area contributed by atoms with Crippen molar-refractivity contribution in [3.8, 4) is 17.0 Å². The van der Waals surface area contributed by atoms with Gasteiger partial charge in [0.1, 0.15) is 17.6 Å². The Labute approximate surface area is 250 Å². The Bertz CT molecular complexity index is 1660. The molecule has 0 radical (unpaired) electrons. The van der Waals surface area contributed by atoms with Gasteiger partial charge in [0.25, 0.3) is 0 Å². The van der Waals surface area contributed by atoms with Crippen molar-refractivity contribution in [1.29, 1.82) is 0 Å². The monoisotopic (exact) mass is 615 g/mol. The molecule has 4 aromatic heterocycles. The Morgan fingerprint density at radius 1 is 1.20 bits per heavy atom. The van der Waals surface area contributed by atoms with E-state index in [4.69, 9.17) is 19.3 Å². The molecule has 12 nitrogen and oxygen atoms in total. The summed E-state index contributed by atoms with van der Waals surface area (Å²) in [5.41, 5.74) is 1.04. The average Bonchev–Trinajstić information content (AvgIpc) is 3.69. The van der Waals surface area contributed by atoms with Gasteiger partial charge in [-0.3, -0.25) is 14.3 Å². The first kappa shape index (κ1) is 29.8. The third-order valence-electron chi connectivity index (χ3n) is 7.90. The number of hydrogen-bond donors (Lipinski definition) is 1. The summed E-state index contributed by atoms with van der Waals surface area (Å²) < 4.78 is 61.3. The topological polar surface area (TPSA) is 130 Å². The molecule has 234 valence electrons. The molecule has 15 heteroatoms. The van der Waals surface area contributed by atoms with Gasteiger partial charge in [-0.1, -0.05) is 0 Å². The molecule has 1 saturated carbocycles. The molecule has 0 aromatic carbocycles. The van der Waals surface area contributed by atoms with Gasteiger partial charge < -0.3 is 19.3 Å². The molecule has 1 atom stereocenters. The Hall–Kier alpha value is -4.24. The lowest BCUT2D eigenvalue weighted by molar-refractivity contribution is -0.143. The molecule has 4 aromatic rings. The van der Waals surface area contributed by atoms with Crippen molar-refractivity contribution in [3.63, 3.8) is 0 Å². The second kappa shape index (κ2) is 11.4. The van der Waals surface area contributed by atoms with Crippen LogP contribution in [0.3, 0.4) is 0 Å². The summed E-state index contributed by atoms with van der Waals surface area (Å²) in [6, 6.07) is 4.29. The SMILES string of the molecule is CN(C(=O)O)c1cc2c(cn1)c(-c1cnn(C[C@H]3COC(C)(C)O3)c1)nn2C1CCC(Oc2cccnc2C(F)(F)F)CC1. The number of carbonyl (C=O) groups is 1. The van der Waals surface area contributed by atoms with Crippen LogP contribution in [0.25, 0.3) is 22.2 Å². The van der Waals surface area contributed by atoms with E-state index in [9.17, 15) is 23.1 Å². The van der Waals surface area contributed by atoms with Gasteiger partial charge in [-0.2, -0.15) is 23.4 Å². The first-order valence-electron chi connectivity index (χ1n) is 14.3. The predicted molar refractivity (Wildman–Crippen MR) is 151 cm³/mol. The van der Waals surface area contributed by atoms with E-state index in [2.05, 4.69) is 15.1 Å². The minimum absolute atomic E-state index is 0.103. The highest BCUT2D eigenvalue weighted by Crippen LogP contribution is 2.39. The number of pyridine rings is 2. The van der Waals surface area contributed by atoms with Crippen molar-refractivity contribution in [3.05, 3.63) is 48.7 Å². The number of hydrogen-bond acceptors (Lipinski definition) is 8. The molecule has 1 N–H and O–H groups in total. The van der Waals surface area contributed by atoms with Gasteiger partial charge in [0.15, 0.2) is 17.2 Å². The van der Waals surface area contributed by atoms with Crippen molar-refractivity contribution in [2.45, 2.75) is 76.3 Å². The number of carboxylic acid groups (broad SMARTS) is 1. The lowest BCUT2D eigenvalue weighted by atomic mass is 9.93. The van der Waals surface area contributed by atoms with Crippen molar-refractivity contribution in [1.82, 2.24) is 29.5 Å². The van der Waals surface area contributed by atoms with E-state index >= 15 is 0 Å². The zero-order valence-electron chi connectivity index (χ0n) is 24.4. The average molecular weight is 616 g/mol. The first-order chi connectivity index (χ1) is 20.9. The van der Waals surface area contributed by atoms with Crippen LogP contribution in [-0.4, -0.2) is 72.4 Å². The van der Waals surface area contributed by atoms with E-state index in [1.165, 1.54) is 19.2 Å². The first-order valence-corrected chi connectivity index (χ1v) is 14.3. The van der Waals surface area contributed by atoms with Crippen molar-refractivity contribution in [2.75, 3.05) is 18.6 Å². The highest BCUT2D eigenvalue weighted by Gasteiger charge is 2.37. The molecule has 0 spiro atoms. The van der Waals surface area contributed by atoms with Gasteiger partial charge in [-0.15, -0.1) is 0 Å². The molecule has 2 aliphatic rings. The van der Waals surface area contributed by atoms with E-state index in [0.717, 1.165) is 22.0 Å². The summed E-state index contributed by atoms with van der Waals surface area (Å²) in [5, 5.41) is 19.7. The van der Waals surface area contributed by atoms with Gasteiger partial charge in [-0.25, -0.2) is 14.8 Å². The number of ether oxygens (including phenoxy) is 3. The zero-order valence-corrected chi connectivity index (χ0v) is 24.4. The van der Waals surface area contributed by atoms with E-state index in [1.807, 2.05) is 24.7 Å². The quantitative estimate of drug-likeness (QED) is 0.285. The Balaban J connectivity index is 1.26. The maximum absolute atomic E-state index is 13.4. The summed E-state index contributed by atoms with van der Waals surface area (Å²) in [6.45, 7) is 4.67. The molecule has 6 rings (SSSR count). The van der Waals surface area contributed by atoms with Crippen LogP contribution in [0.4, 0.5) is 23.8 Å². The number of amides is 1. The predicted octanol–water partition coefficient (Wildman–Crippen LogP) is 5.54. The molecule has 44 heavy (non-hydrogen) atoms. The minimum atomic E-state index is -4.62. The molecular weight excluding hydrogens is 583 g/mol. The van der Waals surface area contributed by atoms with Gasteiger partial charge in [0, 0.05) is 42.7 Å². The molecule has 0 bridgehead atoms. The number of anilines is 1. The smallest absolute Gasteiger partial charge is 0.437 e. The van der Waals surface area contributed by atoms with Crippen LogP contribution in [0.1, 0.15) is 51.3 Å². The van der Waals surface area contributed by atoms with Gasteiger partial charge in [0.05, 0.1) is 37.0 Å². The summed E-state index contributed by atoms with van der Waals surface area (Å²) >= 11 is 0. The van der Waals surface area contributed by atoms with Gasteiger partial charge >= 0.3 is 12.3 Å². The largest absolute Gasteiger partial charge is 0.488 e. The molecule has 0 unspecified atom stereocenters. The number of halogens is 3. The fraction of sp³-hybridized carbons (Fsp3) is 0.483. The van der Waals surface area contributed by atoms with E-state index in [0.29, 0.717) is 50.0 Å². The van der Waals surface area contributed by atoms with Crippen LogP contribution < -0.4 is 9.64 Å². The Kier molecular flexibility index (Phi) is 7.70. The third-order valence-corrected chi connectivity index (χ3v) is 7.90. The summed E-state index contributed by atoms with van der Waals surface area (Å²) in [5.74, 6) is -0.689. The summed E-state index contributed by atoms with van der Waals surface area (Å²) in [7, 11) is 1.41. The number of fused-ring (bicyclic) bond motifs is 1. The lowest BCUT2D eigenvalue weighted by Gasteiger charge is -2.30. The molecule has 1 aliphatic heterocycles. The second-order valence-electron chi connectivity index (χ2n) is 11.5. The van der Waals surface area contributed by atoms with Crippen LogP contribution in [-0.2, 0) is 22.2 Å². The lowest BCUT2D eigenvalue weighted by Crippen LogP contribution is -2.27. The maximum Gasteiger partial charge on any atom is 0.437 e. The summed E-state index contributed by atoms with van der Waals surface area (Å²) in [6.07, 6.45) is 2.11. The minimum Gasteiger partial charge on any atom is -0.488 e. The van der Waals surface area contributed by atoms with Crippen LogP contribution in [0.2, 0.25) is 0 Å². The van der Waals surface area contributed by atoms with E-state index < -0.39 is 29.9 Å². The molecular formula is C29H32F3N7O5. The highest BCUT2D eigenvalue weighted by molar-refractivity contribution is 5.95. The molecule has 2 fully saturated rings. The van der Waals surface area contributed by atoms with Crippen LogP contribution in [0.5, 0.6) is 5.75 Å². The standard InChI is InChI=1S/C29H32F3N7O5/c1-28(2)42-16-20(44-28)15-38-14-17(12-35-38)25-21-13-34-24(37(3)27(40)41)11-22(21)39(36-25)18-6-8-19(9-7-18)43-23-5-4-10-33-26(23)29(30,31)32/h4-5,10-14,18-20H,6-9,15-16H2,1-3H3,(H,40,41)/t18?,19?,20-/m0/s1. The second-order valence-corrected chi connectivity index (χ2v) is 11.5. The zero-order chi connectivity index (χ0) is 31.2. The number of alkyl halides is 3. The van der Waals surface area contributed by atoms with Crippen molar-refractivity contribution < 1.29 is 37.3 Å². The Morgan fingerprint density at radius 3 is 2.66 bits per heavy atom. The van der Waals surface area contributed by atoms with Crippen LogP contribution in [0.15, 0.2) is 43.0 Å².